The molecule has 0 unspecified atom stereocenters. The Kier molecular flexibility index (Phi) is 5.30. The molecule has 5 aliphatic rings. The van der Waals surface area contributed by atoms with Gasteiger partial charge in [0.05, 0.1) is 0 Å². The van der Waals surface area contributed by atoms with Crippen LogP contribution in [-0.2, 0) is 14.4 Å². The molecule has 0 atom stereocenters. The Morgan fingerprint density at radius 1 is 0.778 bits per heavy atom. The average Bonchev–Trinajstić information content (AvgIpc) is 2.84. The van der Waals surface area contributed by atoms with Gasteiger partial charge in [0.15, 0.2) is 0 Å². The van der Waals surface area contributed by atoms with Gasteiger partial charge in [-0.1, -0.05) is 0 Å². The summed E-state index contributed by atoms with van der Waals surface area (Å²) in [4.78, 5) is 40.4. The molecule has 4 aliphatic carbocycles. The highest BCUT2D eigenvalue weighted by atomic mass is 16.2. The van der Waals surface area contributed by atoms with Crippen LogP contribution in [0.2, 0.25) is 0 Å². The van der Waals surface area contributed by atoms with Gasteiger partial charge in [-0.25, -0.2) is 0 Å². The van der Waals surface area contributed by atoms with E-state index < -0.39 is 0 Å². The third-order valence-electron chi connectivity index (χ3n) is 7.58. The minimum Gasteiger partial charge on any atom is -0.341 e. The van der Waals surface area contributed by atoms with Crippen LogP contribution in [0.4, 0.5) is 0 Å². The van der Waals surface area contributed by atoms with Gasteiger partial charge in [-0.3, -0.25) is 9.59 Å². The molecule has 150 valence electrons. The summed E-state index contributed by atoms with van der Waals surface area (Å²) in [7, 11) is 0. The Balaban J connectivity index is 1.31. The first-order valence-corrected chi connectivity index (χ1v) is 11.0. The van der Waals surface area contributed by atoms with Gasteiger partial charge >= 0.3 is 0 Å². The Morgan fingerprint density at radius 2 is 1.30 bits per heavy atom. The Hall–Kier alpha value is -1.39. The molecule has 5 heteroatoms. The summed E-state index contributed by atoms with van der Waals surface area (Å²) < 4.78 is 0. The van der Waals surface area contributed by atoms with E-state index in [1.54, 1.807) is 0 Å². The average molecular weight is 375 g/mol. The number of ketones is 1. The first kappa shape index (κ1) is 18.9. The smallest absolute Gasteiger partial charge is 0.223 e. The van der Waals surface area contributed by atoms with Crippen molar-refractivity contribution in [2.45, 2.75) is 71.1 Å². The second-order valence-electron chi connectivity index (χ2n) is 9.91. The zero-order valence-electron chi connectivity index (χ0n) is 16.8. The van der Waals surface area contributed by atoms with Gasteiger partial charge in [0, 0.05) is 45.4 Å². The monoisotopic (exact) mass is 374 g/mol. The van der Waals surface area contributed by atoms with Crippen molar-refractivity contribution >= 4 is 17.6 Å². The molecule has 5 nitrogen and oxygen atoms in total. The highest BCUT2D eigenvalue weighted by Crippen LogP contribution is 2.61. The fourth-order valence-corrected chi connectivity index (χ4v) is 6.80. The molecule has 0 aromatic heterocycles. The number of amides is 2. The first-order chi connectivity index (χ1) is 12.9. The Morgan fingerprint density at radius 3 is 1.81 bits per heavy atom. The molecule has 2 amide bonds. The summed E-state index contributed by atoms with van der Waals surface area (Å²) in [5.74, 6) is 3.06. The molecule has 0 radical (unpaired) electrons. The van der Waals surface area contributed by atoms with E-state index in [0.29, 0.717) is 38.4 Å². The quantitative estimate of drug-likeness (QED) is 0.743. The van der Waals surface area contributed by atoms with Gasteiger partial charge in [0.2, 0.25) is 11.8 Å². The SMILES string of the molecule is CC(=O)CCC(=O)N1CCCN(C(=O)CC23CC4CC(CC(C4)C2)C3)CC1. The second kappa shape index (κ2) is 7.56. The minimum atomic E-state index is 0.0561. The van der Waals surface area contributed by atoms with Gasteiger partial charge < -0.3 is 14.6 Å². The van der Waals surface area contributed by atoms with Crippen LogP contribution in [0, 0.1) is 23.2 Å². The number of rotatable bonds is 5. The van der Waals surface area contributed by atoms with Gasteiger partial charge in [-0.2, -0.15) is 0 Å². The van der Waals surface area contributed by atoms with Crippen LogP contribution in [0.5, 0.6) is 0 Å². The summed E-state index contributed by atoms with van der Waals surface area (Å²) in [6.45, 7) is 4.26. The number of nitrogens with zero attached hydrogens (tertiary/aromatic N) is 2. The van der Waals surface area contributed by atoms with Crippen LogP contribution in [0.25, 0.3) is 0 Å². The third-order valence-corrected chi connectivity index (χ3v) is 7.58. The predicted octanol–water partition coefficient (Wildman–Crippen LogP) is 3.02. The van der Waals surface area contributed by atoms with Crippen molar-refractivity contribution < 1.29 is 14.4 Å². The zero-order chi connectivity index (χ0) is 19.0. The highest BCUT2D eigenvalue weighted by molar-refractivity contribution is 5.83. The lowest BCUT2D eigenvalue weighted by Gasteiger charge is -2.57. The molecule has 0 aromatic carbocycles. The number of carbonyl (C=O) groups is 3. The molecule has 1 heterocycles. The second-order valence-corrected chi connectivity index (χ2v) is 9.91. The molecule has 4 bridgehead atoms. The molecule has 5 rings (SSSR count). The maximum absolute atomic E-state index is 13.1. The molecular formula is C22H34N2O3. The van der Waals surface area contributed by atoms with Crippen LogP contribution in [-0.4, -0.2) is 53.6 Å². The minimum absolute atomic E-state index is 0.0561. The van der Waals surface area contributed by atoms with E-state index in [2.05, 4.69) is 0 Å². The van der Waals surface area contributed by atoms with Gasteiger partial charge in [0.1, 0.15) is 5.78 Å². The summed E-state index contributed by atoms with van der Waals surface area (Å²) in [6, 6.07) is 0. The molecule has 5 fully saturated rings. The van der Waals surface area contributed by atoms with Crippen molar-refractivity contribution in [1.82, 2.24) is 9.80 Å². The lowest BCUT2D eigenvalue weighted by atomic mass is 9.49. The lowest BCUT2D eigenvalue weighted by molar-refractivity contribution is -0.140. The molecule has 1 saturated heterocycles. The fourth-order valence-electron chi connectivity index (χ4n) is 6.80. The number of hydrogen-bond donors (Lipinski definition) is 0. The summed E-state index contributed by atoms with van der Waals surface area (Å²) >= 11 is 0. The largest absolute Gasteiger partial charge is 0.341 e. The van der Waals surface area contributed by atoms with E-state index in [-0.39, 0.29) is 17.1 Å². The van der Waals surface area contributed by atoms with Crippen molar-refractivity contribution in [3.05, 3.63) is 0 Å². The zero-order valence-corrected chi connectivity index (χ0v) is 16.8. The molecule has 0 aromatic rings. The molecular weight excluding hydrogens is 340 g/mol. The number of hydrogen-bond acceptors (Lipinski definition) is 3. The van der Waals surface area contributed by atoms with Crippen LogP contribution >= 0.6 is 0 Å². The lowest BCUT2D eigenvalue weighted by Crippen LogP contribution is -2.48. The molecule has 1 aliphatic heterocycles. The molecule has 0 N–H and O–H groups in total. The fraction of sp³-hybridized carbons (Fsp3) is 0.864. The van der Waals surface area contributed by atoms with E-state index in [4.69, 9.17) is 0 Å². The van der Waals surface area contributed by atoms with Crippen molar-refractivity contribution in [3.63, 3.8) is 0 Å². The maximum Gasteiger partial charge on any atom is 0.223 e. The number of carbonyl (C=O) groups excluding carboxylic acids is 3. The van der Waals surface area contributed by atoms with E-state index in [0.717, 1.165) is 37.1 Å². The van der Waals surface area contributed by atoms with E-state index >= 15 is 0 Å². The normalized spacial score (nSPS) is 35.2. The van der Waals surface area contributed by atoms with Crippen molar-refractivity contribution in [2.75, 3.05) is 26.2 Å². The van der Waals surface area contributed by atoms with Crippen LogP contribution in [0.15, 0.2) is 0 Å². The first-order valence-electron chi connectivity index (χ1n) is 11.0. The van der Waals surface area contributed by atoms with E-state index in [1.807, 2.05) is 9.80 Å². The summed E-state index contributed by atoms with van der Waals surface area (Å²) in [6.07, 6.45) is 10.3. The van der Waals surface area contributed by atoms with Crippen LogP contribution in [0.1, 0.15) is 71.1 Å². The molecule has 4 saturated carbocycles. The summed E-state index contributed by atoms with van der Waals surface area (Å²) in [5, 5.41) is 0. The standard InChI is InChI=1S/C22H34N2O3/c1-16(25)3-4-20(26)23-5-2-6-24(8-7-23)21(27)15-22-12-17-9-18(13-22)11-19(10-17)14-22/h17-19H,2-15H2,1H3. The molecule has 0 spiro atoms. The van der Waals surface area contributed by atoms with Crippen molar-refractivity contribution in [1.29, 1.82) is 0 Å². The van der Waals surface area contributed by atoms with Gasteiger partial charge in [0.25, 0.3) is 0 Å². The van der Waals surface area contributed by atoms with Gasteiger partial charge in [-0.05, 0) is 75.0 Å². The van der Waals surface area contributed by atoms with Crippen LogP contribution < -0.4 is 0 Å². The number of Topliss-reactive ketones (excluding diaryl/α,β-unsaturated/α-hetero) is 1. The van der Waals surface area contributed by atoms with Crippen LogP contribution in [0.3, 0.4) is 0 Å². The van der Waals surface area contributed by atoms with Crippen molar-refractivity contribution in [3.8, 4) is 0 Å². The van der Waals surface area contributed by atoms with Crippen molar-refractivity contribution in [2.24, 2.45) is 23.2 Å². The van der Waals surface area contributed by atoms with E-state index in [1.165, 1.54) is 45.4 Å². The Labute approximate surface area is 162 Å². The van der Waals surface area contributed by atoms with E-state index in [9.17, 15) is 14.4 Å². The highest BCUT2D eigenvalue weighted by Gasteiger charge is 2.51. The van der Waals surface area contributed by atoms with Gasteiger partial charge in [-0.15, -0.1) is 0 Å². The summed E-state index contributed by atoms with van der Waals surface area (Å²) in [5.41, 5.74) is 0.287. The third kappa shape index (κ3) is 4.22. The maximum atomic E-state index is 13.1. The molecule has 27 heavy (non-hydrogen) atoms. The topological polar surface area (TPSA) is 57.7 Å². The predicted molar refractivity (Wildman–Crippen MR) is 103 cm³/mol. The Bertz CT molecular complexity index is 579.